The molecule has 272 valence electrons. The van der Waals surface area contributed by atoms with Crippen molar-refractivity contribution in [2.45, 2.75) is 47.0 Å². The molecular formula is C43H42O8P2. The first-order chi connectivity index (χ1) is 25.3. The molecule has 0 bridgehead atoms. The Bertz CT molecular complexity index is 2090. The second-order valence-electron chi connectivity index (χ2n) is 13.4. The third-order valence-electron chi connectivity index (χ3n) is 8.48. The van der Waals surface area contributed by atoms with Crippen molar-refractivity contribution < 1.29 is 36.3 Å². The number of benzene rings is 6. The summed E-state index contributed by atoms with van der Waals surface area (Å²) in [4.78, 5) is 0. The van der Waals surface area contributed by atoms with Crippen molar-refractivity contribution in [2.75, 3.05) is 0 Å². The van der Waals surface area contributed by atoms with Crippen LogP contribution >= 0.6 is 15.6 Å². The summed E-state index contributed by atoms with van der Waals surface area (Å²) in [7, 11) is -8.33. The molecule has 0 saturated carbocycles. The van der Waals surface area contributed by atoms with Crippen LogP contribution in [-0.2, 0) is 14.5 Å². The van der Waals surface area contributed by atoms with Crippen molar-refractivity contribution in [1.82, 2.24) is 0 Å². The van der Waals surface area contributed by atoms with Crippen molar-refractivity contribution in [2.24, 2.45) is 0 Å². The molecule has 0 aliphatic heterocycles. The lowest BCUT2D eigenvalue weighted by Gasteiger charge is -2.27. The highest BCUT2D eigenvalue weighted by Crippen LogP contribution is 2.51. The third kappa shape index (κ3) is 9.92. The predicted molar refractivity (Wildman–Crippen MR) is 209 cm³/mol. The summed E-state index contributed by atoms with van der Waals surface area (Å²) in [6, 6.07) is 43.3. The van der Waals surface area contributed by atoms with Gasteiger partial charge in [0.15, 0.2) is 0 Å². The highest BCUT2D eigenvalue weighted by Gasteiger charge is 2.35. The molecule has 8 nitrogen and oxygen atoms in total. The summed E-state index contributed by atoms with van der Waals surface area (Å²) < 4.78 is 63.5. The molecule has 6 aromatic carbocycles. The molecule has 0 radical (unpaired) electrons. The molecule has 0 aromatic heterocycles. The van der Waals surface area contributed by atoms with Crippen LogP contribution in [0, 0.1) is 27.7 Å². The Morgan fingerprint density at radius 2 is 0.642 bits per heavy atom. The van der Waals surface area contributed by atoms with Gasteiger partial charge in [-0.3, -0.25) is 0 Å². The number of hydrogen-bond acceptors (Lipinski definition) is 8. The van der Waals surface area contributed by atoms with Crippen LogP contribution in [0.2, 0.25) is 0 Å². The van der Waals surface area contributed by atoms with Crippen molar-refractivity contribution >= 4 is 15.6 Å². The van der Waals surface area contributed by atoms with Gasteiger partial charge in [0.2, 0.25) is 0 Å². The van der Waals surface area contributed by atoms with Gasteiger partial charge in [0.25, 0.3) is 0 Å². The van der Waals surface area contributed by atoms with Crippen LogP contribution in [0.1, 0.15) is 47.2 Å². The summed E-state index contributed by atoms with van der Waals surface area (Å²) in [6.07, 6.45) is 0. The second-order valence-corrected chi connectivity index (χ2v) is 16.3. The predicted octanol–water partition coefficient (Wildman–Crippen LogP) is 12.5. The minimum Gasteiger partial charge on any atom is -0.386 e. The zero-order valence-electron chi connectivity index (χ0n) is 30.5. The van der Waals surface area contributed by atoms with E-state index < -0.39 is 21.1 Å². The molecule has 0 spiro atoms. The van der Waals surface area contributed by atoms with E-state index in [9.17, 15) is 9.13 Å². The van der Waals surface area contributed by atoms with E-state index in [1.54, 1.807) is 72.8 Å². The lowest BCUT2D eigenvalue weighted by molar-refractivity contribution is 0.296. The fourth-order valence-corrected chi connectivity index (χ4v) is 7.95. The molecule has 0 aliphatic rings. The number of rotatable bonds is 14. The number of phosphoric acid groups is 2. The quantitative estimate of drug-likeness (QED) is 0.102. The highest BCUT2D eigenvalue weighted by molar-refractivity contribution is 7.50. The second kappa shape index (κ2) is 15.7. The first kappa shape index (κ1) is 37.3. The zero-order valence-corrected chi connectivity index (χ0v) is 32.3. The van der Waals surface area contributed by atoms with Gasteiger partial charge >= 0.3 is 15.6 Å². The van der Waals surface area contributed by atoms with Crippen molar-refractivity contribution in [3.63, 3.8) is 0 Å². The molecule has 6 rings (SSSR count). The van der Waals surface area contributed by atoms with Gasteiger partial charge in [-0.15, -0.1) is 0 Å². The Morgan fingerprint density at radius 1 is 0.358 bits per heavy atom. The largest absolute Gasteiger partial charge is 0.647 e. The van der Waals surface area contributed by atoms with Gasteiger partial charge in [0.1, 0.15) is 34.5 Å². The topological polar surface area (TPSA) is 89.5 Å². The molecule has 0 heterocycles. The number of aryl methyl sites for hydroxylation is 4. The standard InChI is InChI=1S/C43H42O8P2/c1-31-13-21-37(22-14-31)46-52(44,50-41-11-7-9-33(3)29-41)48-39-25-17-35(18-26-39)43(5,6)36-19-27-40(28-20-36)49-53(45,47-38-23-15-32(2)16-24-38)51-42-12-8-10-34(4)30-42/h7-30H,1-6H3. The van der Waals surface area contributed by atoms with Gasteiger partial charge in [0, 0.05) is 5.41 Å². The van der Waals surface area contributed by atoms with Gasteiger partial charge < -0.3 is 27.1 Å². The molecule has 6 aromatic rings. The number of hydrogen-bond donors (Lipinski definition) is 0. The van der Waals surface area contributed by atoms with Crippen LogP contribution in [0.25, 0.3) is 0 Å². The summed E-state index contributed by atoms with van der Waals surface area (Å²) in [5, 5.41) is 0. The minimum atomic E-state index is -4.16. The van der Waals surface area contributed by atoms with Gasteiger partial charge in [0.05, 0.1) is 0 Å². The van der Waals surface area contributed by atoms with Gasteiger partial charge in [-0.25, -0.2) is 0 Å². The highest BCUT2D eigenvalue weighted by atomic mass is 31.2. The molecule has 0 amide bonds. The molecule has 0 N–H and O–H groups in total. The van der Waals surface area contributed by atoms with Crippen molar-refractivity contribution in [1.29, 1.82) is 0 Å². The molecule has 2 unspecified atom stereocenters. The van der Waals surface area contributed by atoms with Crippen LogP contribution in [0.5, 0.6) is 34.5 Å². The van der Waals surface area contributed by atoms with Gasteiger partial charge in [-0.2, -0.15) is 9.13 Å². The lowest BCUT2D eigenvalue weighted by atomic mass is 9.78. The molecule has 2 atom stereocenters. The average Bonchev–Trinajstić information content (AvgIpc) is 3.10. The zero-order chi connectivity index (χ0) is 37.6. The van der Waals surface area contributed by atoms with Crippen molar-refractivity contribution in [3.8, 4) is 34.5 Å². The smallest absolute Gasteiger partial charge is 0.386 e. The van der Waals surface area contributed by atoms with Gasteiger partial charge in [-0.05, 0) is 123 Å². The molecular weight excluding hydrogens is 706 g/mol. The molecule has 0 aliphatic carbocycles. The summed E-state index contributed by atoms with van der Waals surface area (Å²) in [5.74, 6) is 2.08. The monoisotopic (exact) mass is 748 g/mol. The van der Waals surface area contributed by atoms with E-state index in [1.165, 1.54) is 0 Å². The maximum Gasteiger partial charge on any atom is 0.647 e. The molecule has 10 heteroatoms. The maximum absolute atomic E-state index is 14.1. The van der Waals surface area contributed by atoms with Crippen LogP contribution < -0.4 is 27.1 Å². The molecule has 0 fully saturated rings. The van der Waals surface area contributed by atoms with E-state index in [-0.39, 0.29) is 0 Å². The summed E-state index contributed by atoms with van der Waals surface area (Å²) in [5.41, 5.74) is 5.40. The minimum absolute atomic E-state index is 0.314. The average molecular weight is 749 g/mol. The third-order valence-corrected chi connectivity index (χ3v) is 11.1. The Kier molecular flexibility index (Phi) is 11.0. The maximum atomic E-state index is 14.1. The van der Waals surface area contributed by atoms with E-state index in [0.717, 1.165) is 33.4 Å². The van der Waals surface area contributed by atoms with Crippen LogP contribution in [0.4, 0.5) is 0 Å². The normalized spacial score (nSPS) is 13.5. The van der Waals surface area contributed by atoms with Crippen LogP contribution in [0.3, 0.4) is 0 Å². The van der Waals surface area contributed by atoms with E-state index in [2.05, 4.69) is 13.8 Å². The lowest BCUT2D eigenvalue weighted by Crippen LogP contribution is -2.18. The van der Waals surface area contributed by atoms with E-state index in [4.69, 9.17) is 27.1 Å². The molecule has 53 heavy (non-hydrogen) atoms. The van der Waals surface area contributed by atoms with E-state index in [0.29, 0.717) is 34.5 Å². The summed E-state index contributed by atoms with van der Waals surface area (Å²) >= 11 is 0. The van der Waals surface area contributed by atoms with E-state index in [1.807, 2.05) is 100 Å². The van der Waals surface area contributed by atoms with Crippen LogP contribution in [0.15, 0.2) is 146 Å². The van der Waals surface area contributed by atoms with E-state index >= 15 is 0 Å². The Labute approximate surface area is 311 Å². The Morgan fingerprint density at radius 3 is 0.943 bits per heavy atom. The summed E-state index contributed by atoms with van der Waals surface area (Å²) in [6.45, 7) is 11.9. The van der Waals surface area contributed by atoms with Gasteiger partial charge in [-0.1, -0.05) is 97.8 Å². The number of phosphoric ester groups is 2. The first-order valence-corrected chi connectivity index (χ1v) is 20.0. The van der Waals surface area contributed by atoms with Crippen LogP contribution in [-0.4, -0.2) is 0 Å². The van der Waals surface area contributed by atoms with Crippen molar-refractivity contribution in [3.05, 3.63) is 179 Å². The SMILES string of the molecule is Cc1ccc(OP(=O)(Oc2ccc(C(C)(C)c3ccc(OP(=O)(Oc4ccc(C)cc4)Oc4cccc(C)c4)cc3)cc2)Oc2cccc(C)c2)cc1. The first-order valence-electron chi connectivity index (χ1n) is 17.1. The molecule has 0 saturated heterocycles. The fourth-order valence-electron chi connectivity index (χ4n) is 5.46. The Balaban J connectivity index is 1.19. The Hall–Kier alpha value is -5.42. The fraction of sp³-hybridized carbons (Fsp3) is 0.163.